The van der Waals surface area contributed by atoms with Gasteiger partial charge in [0.25, 0.3) is 5.91 Å². The van der Waals surface area contributed by atoms with Crippen molar-refractivity contribution in [1.82, 2.24) is 30.0 Å². The lowest BCUT2D eigenvalue weighted by atomic mass is 10.1. The second-order valence-electron chi connectivity index (χ2n) is 5.74. The fourth-order valence-corrected chi connectivity index (χ4v) is 2.62. The monoisotopic (exact) mass is 345 g/mol. The summed E-state index contributed by atoms with van der Waals surface area (Å²) in [6, 6.07) is 14.7. The van der Waals surface area contributed by atoms with Crippen LogP contribution in [0.2, 0.25) is 0 Å². The van der Waals surface area contributed by atoms with Crippen LogP contribution in [0.15, 0.2) is 67.3 Å². The van der Waals surface area contributed by atoms with Gasteiger partial charge in [-0.15, -0.1) is 5.10 Å². The molecule has 0 unspecified atom stereocenters. The lowest BCUT2D eigenvalue weighted by molar-refractivity contribution is 0.102. The van der Waals surface area contributed by atoms with E-state index in [9.17, 15) is 4.79 Å². The van der Waals surface area contributed by atoms with Crippen molar-refractivity contribution >= 4 is 11.6 Å². The van der Waals surface area contributed by atoms with Crippen LogP contribution in [0.1, 0.15) is 10.4 Å². The van der Waals surface area contributed by atoms with Gasteiger partial charge in [-0.25, -0.2) is 4.68 Å². The second kappa shape index (κ2) is 6.60. The summed E-state index contributed by atoms with van der Waals surface area (Å²) >= 11 is 0. The normalized spacial score (nSPS) is 10.7. The average molecular weight is 345 g/mol. The molecule has 2 aromatic carbocycles. The summed E-state index contributed by atoms with van der Waals surface area (Å²) < 4.78 is 3.26. The van der Waals surface area contributed by atoms with E-state index in [0.717, 1.165) is 16.8 Å². The third-order valence-corrected chi connectivity index (χ3v) is 3.88. The molecule has 0 fully saturated rings. The van der Waals surface area contributed by atoms with Gasteiger partial charge in [0.1, 0.15) is 6.33 Å². The SMILES string of the molecule is Cn1cc(-c2cccc(C(=O)Nc3cccc(-n4cnnn4)c3)c2)cn1. The molecule has 0 atom stereocenters. The number of benzene rings is 2. The van der Waals surface area contributed by atoms with Gasteiger partial charge in [0.2, 0.25) is 0 Å². The summed E-state index contributed by atoms with van der Waals surface area (Å²) in [6.07, 6.45) is 5.18. The first-order valence-electron chi connectivity index (χ1n) is 7.93. The average Bonchev–Trinajstić information content (AvgIpc) is 3.34. The molecule has 1 N–H and O–H groups in total. The highest BCUT2D eigenvalue weighted by molar-refractivity contribution is 6.05. The summed E-state index contributed by atoms with van der Waals surface area (Å²) in [5, 5.41) is 18.1. The fraction of sp³-hybridized carbons (Fsp3) is 0.0556. The van der Waals surface area contributed by atoms with Gasteiger partial charge in [0.05, 0.1) is 11.9 Å². The van der Waals surface area contributed by atoms with Crippen LogP contribution in [0.25, 0.3) is 16.8 Å². The maximum Gasteiger partial charge on any atom is 0.255 e. The molecule has 4 aromatic rings. The van der Waals surface area contributed by atoms with Crippen molar-refractivity contribution in [3.8, 4) is 16.8 Å². The van der Waals surface area contributed by atoms with Crippen LogP contribution < -0.4 is 5.32 Å². The number of carbonyl (C=O) groups excluding carboxylic acids is 1. The first kappa shape index (κ1) is 15.7. The highest BCUT2D eigenvalue weighted by Crippen LogP contribution is 2.21. The summed E-state index contributed by atoms with van der Waals surface area (Å²) in [5.74, 6) is -0.190. The minimum atomic E-state index is -0.190. The summed E-state index contributed by atoms with van der Waals surface area (Å²) in [5.41, 5.74) is 3.89. The molecule has 0 aliphatic rings. The van der Waals surface area contributed by atoms with Crippen LogP contribution in [0, 0.1) is 0 Å². The second-order valence-corrected chi connectivity index (χ2v) is 5.74. The van der Waals surface area contributed by atoms with Crippen LogP contribution in [0.5, 0.6) is 0 Å². The molecule has 2 heterocycles. The zero-order valence-corrected chi connectivity index (χ0v) is 13.9. The molecule has 2 aromatic heterocycles. The fourth-order valence-electron chi connectivity index (χ4n) is 2.62. The maximum absolute atomic E-state index is 12.6. The van der Waals surface area contributed by atoms with Crippen molar-refractivity contribution in [2.45, 2.75) is 0 Å². The Balaban J connectivity index is 1.56. The third-order valence-electron chi connectivity index (χ3n) is 3.88. The Morgan fingerprint density at radius 2 is 1.96 bits per heavy atom. The molecule has 0 saturated heterocycles. The van der Waals surface area contributed by atoms with E-state index in [1.807, 2.05) is 49.6 Å². The van der Waals surface area contributed by atoms with Crippen LogP contribution in [-0.4, -0.2) is 35.9 Å². The molecule has 0 bridgehead atoms. The summed E-state index contributed by atoms with van der Waals surface area (Å²) in [6.45, 7) is 0. The van der Waals surface area contributed by atoms with E-state index in [4.69, 9.17) is 0 Å². The zero-order chi connectivity index (χ0) is 17.9. The van der Waals surface area contributed by atoms with Crippen LogP contribution in [0.4, 0.5) is 5.69 Å². The number of hydrogen-bond donors (Lipinski definition) is 1. The minimum absolute atomic E-state index is 0.190. The molecule has 4 rings (SSSR count). The Hall–Kier alpha value is -3.81. The number of hydrogen-bond acceptors (Lipinski definition) is 5. The predicted molar refractivity (Wildman–Crippen MR) is 95.8 cm³/mol. The third kappa shape index (κ3) is 3.20. The van der Waals surface area contributed by atoms with Gasteiger partial charge in [-0.2, -0.15) is 5.10 Å². The summed E-state index contributed by atoms with van der Waals surface area (Å²) in [4.78, 5) is 12.6. The van der Waals surface area contributed by atoms with Gasteiger partial charge in [-0.1, -0.05) is 18.2 Å². The Morgan fingerprint density at radius 1 is 1.08 bits per heavy atom. The smallest absolute Gasteiger partial charge is 0.255 e. The quantitative estimate of drug-likeness (QED) is 0.613. The van der Waals surface area contributed by atoms with Gasteiger partial charge in [-0.05, 0) is 46.3 Å². The number of anilines is 1. The molecule has 0 aliphatic heterocycles. The Bertz CT molecular complexity index is 1050. The molecule has 0 aliphatic carbocycles. The largest absolute Gasteiger partial charge is 0.322 e. The number of amides is 1. The number of aryl methyl sites for hydroxylation is 1. The van der Waals surface area contributed by atoms with E-state index in [2.05, 4.69) is 25.9 Å². The van der Waals surface area contributed by atoms with Gasteiger partial charge < -0.3 is 5.32 Å². The van der Waals surface area contributed by atoms with Crippen LogP contribution >= 0.6 is 0 Å². The van der Waals surface area contributed by atoms with Crippen molar-refractivity contribution in [2.24, 2.45) is 7.05 Å². The van der Waals surface area contributed by atoms with E-state index < -0.39 is 0 Å². The maximum atomic E-state index is 12.6. The van der Waals surface area contributed by atoms with E-state index in [1.54, 1.807) is 23.0 Å². The number of aromatic nitrogens is 6. The van der Waals surface area contributed by atoms with E-state index in [1.165, 1.54) is 11.0 Å². The zero-order valence-electron chi connectivity index (χ0n) is 13.9. The molecule has 1 amide bonds. The molecule has 8 heteroatoms. The van der Waals surface area contributed by atoms with E-state index in [0.29, 0.717) is 11.3 Å². The van der Waals surface area contributed by atoms with Crippen molar-refractivity contribution in [2.75, 3.05) is 5.32 Å². The molecule has 128 valence electrons. The van der Waals surface area contributed by atoms with Crippen molar-refractivity contribution in [1.29, 1.82) is 0 Å². The lowest BCUT2D eigenvalue weighted by Gasteiger charge is -2.08. The highest BCUT2D eigenvalue weighted by Gasteiger charge is 2.09. The minimum Gasteiger partial charge on any atom is -0.322 e. The number of tetrazole rings is 1. The van der Waals surface area contributed by atoms with E-state index in [-0.39, 0.29) is 5.91 Å². The highest BCUT2D eigenvalue weighted by atomic mass is 16.1. The van der Waals surface area contributed by atoms with Gasteiger partial charge in [0.15, 0.2) is 0 Å². The Morgan fingerprint density at radius 3 is 2.73 bits per heavy atom. The first-order chi connectivity index (χ1) is 12.7. The molecule has 26 heavy (non-hydrogen) atoms. The molecule has 0 spiro atoms. The molecule has 0 radical (unpaired) electrons. The number of nitrogens with one attached hydrogen (secondary N) is 1. The molecular formula is C18H15N7O. The Kier molecular flexibility index (Phi) is 3.98. The van der Waals surface area contributed by atoms with Gasteiger partial charge in [-0.3, -0.25) is 9.48 Å². The van der Waals surface area contributed by atoms with Crippen molar-refractivity contribution < 1.29 is 4.79 Å². The topological polar surface area (TPSA) is 90.5 Å². The summed E-state index contributed by atoms with van der Waals surface area (Å²) in [7, 11) is 1.86. The molecule has 8 nitrogen and oxygen atoms in total. The van der Waals surface area contributed by atoms with Crippen molar-refractivity contribution in [3.05, 3.63) is 72.8 Å². The predicted octanol–water partition coefficient (Wildman–Crippen LogP) is 2.32. The molecule has 0 saturated carbocycles. The number of carbonyl (C=O) groups is 1. The number of rotatable bonds is 4. The molecular weight excluding hydrogens is 330 g/mol. The van der Waals surface area contributed by atoms with Gasteiger partial charge >= 0.3 is 0 Å². The van der Waals surface area contributed by atoms with Crippen LogP contribution in [0.3, 0.4) is 0 Å². The van der Waals surface area contributed by atoms with E-state index >= 15 is 0 Å². The number of nitrogens with zero attached hydrogens (tertiary/aromatic N) is 6. The van der Waals surface area contributed by atoms with Crippen LogP contribution in [-0.2, 0) is 7.05 Å². The standard InChI is InChI=1S/C18H15N7O/c1-24-11-15(10-20-24)13-4-2-5-14(8-13)18(26)21-16-6-3-7-17(9-16)25-12-19-22-23-25/h2-12H,1H3,(H,21,26). The lowest BCUT2D eigenvalue weighted by Crippen LogP contribution is -2.12. The van der Waals surface area contributed by atoms with Gasteiger partial charge in [0, 0.05) is 30.1 Å². The Labute approximate surface area is 149 Å². The van der Waals surface area contributed by atoms with Crippen molar-refractivity contribution in [3.63, 3.8) is 0 Å². The first-order valence-corrected chi connectivity index (χ1v) is 7.93.